The molecule has 0 amide bonds. The Kier molecular flexibility index (Phi) is 6.68. The Bertz CT molecular complexity index is 953. The maximum Gasteiger partial charge on any atom is 0.258 e. The van der Waals surface area contributed by atoms with Gasteiger partial charge in [0, 0.05) is 17.1 Å². The minimum atomic E-state index is -2.94. The molecule has 2 atom stereocenters. The van der Waals surface area contributed by atoms with E-state index in [1.54, 1.807) is 0 Å². The van der Waals surface area contributed by atoms with E-state index in [-0.39, 0.29) is 5.04 Å². The number of benzene rings is 3. The minimum Gasteiger partial charge on any atom is -0.424 e. The van der Waals surface area contributed by atoms with Crippen LogP contribution >= 0.6 is 11.6 Å². The fourth-order valence-corrected chi connectivity index (χ4v) is 9.09. The number of hydrogen-bond donors (Lipinski definition) is 2. The van der Waals surface area contributed by atoms with Crippen molar-refractivity contribution in [3.8, 4) is 0 Å². The molecule has 0 aliphatic carbocycles. The van der Waals surface area contributed by atoms with Crippen molar-refractivity contribution in [1.82, 2.24) is 5.32 Å². The van der Waals surface area contributed by atoms with Crippen LogP contribution in [-0.2, 0) is 0 Å². The van der Waals surface area contributed by atoms with E-state index in [1.165, 1.54) is 5.56 Å². The Balaban J connectivity index is 1.52. The van der Waals surface area contributed by atoms with Gasteiger partial charge in [-0.05, 0) is 52.7 Å². The van der Waals surface area contributed by atoms with Crippen molar-refractivity contribution in [2.24, 2.45) is 0 Å². The lowest BCUT2D eigenvalue weighted by Crippen LogP contribution is -2.65. The van der Waals surface area contributed by atoms with Crippen LogP contribution in [0.15, 0.2) is 84.9 Å². The average Bonchev–Trinajstić information content (AvgIpc) is 3.27. The van der Waals surface area contributed by atoms with E-state index in [2.05, 4.69) is 55.6 Å². The van der Waals surface area contributed by atoms with Gasteiger partial charge in [-0.2, -0.15) is 0 Å². The van der Waals surface area contributed by atoms with Crippen LogP contribution in [0.4, 0.5) is 0 Å². The van der Waals surface area contributed by atoms with Gasteiger partial charge in [0.2, 0.25) is 0 Å². The van der Waals surface area contributed by atoms with Crippen LogP contribution in [0.25, 0.3) is 0 Å². The number of hydrogen-bond acceptors (Lipinski definition) is 2. The monoisotopic (exact) mass is 449 g/mol. The minimum absolute atomic E-state index is 0.208. The summed E-state index contributed by atoms with van der Waals surface area (Å²) in [6.07, 6.45) is 4.26. The van der Waals surface area contributed by atoms with Gasteiger partial charge in [0.25, 0.3) is 8.32 Å². The lowest BCUT2D eigenvalue weighted by Gasteiger charge is -2.42. The quantitative estimate of drug-likeness (QED) is 0.470. The predicted octanol–water partition coefficient (Wildman–Crippen LogP) is 5.45. The lowest BCUT2D eigenvalue weighted by molar-refractivity contribution is 0.420. The highest BCUT2D eigenvalue weighted by Crippen LogP contribution is 2.42. The molecule has 0 saturated carbocycles. The summed E-state index contributed by atoms with van der Waals surface area (Å²) in [6.45, 7) is 4.50. The molecule has 2 N–H and O–H groups in total. The van der Waals surface area contributed by atoms with E-state index in [1.807, 2.05) is 48.5 Å². The third-order valence-electron chi connectivity index (χ3n) is 7.00. The van der Waals surface area contributed by atoms with Crippen LogP contribution in [0.3, 0.4) is 0 Å². The summed E-state index contributed by atoms with van der Waals surface area (Å²) in [5.74, 6) is 0. The molecule has 31 heavy (non-hydrogen) atoms. The SMILES string of the molecule is CC(C)(CC[C@@H]1CC[C@@H](c2ccccc2Cl)N1)[Si](O)(c1ccccc1)c1ccccc1. The molecule has 4 rings (SSSR count). The predicted molar refractivity (Wildman–Crippen MR) is 134 cm³/mol. The van der Waals surface area contributed by atoms with Crippen molar-refractivity contribution in [3.05, 3.63) is 95.5 Å². The van der Waals surface area contributed by atoms with E-state index >= 15 is 0 Å². The van der Waals surface area contributed by atoms with Gasteiger partial charge < -0.3 is 10.1 Å². The molecule has 3 aromatic rings. The van der Waals surface area contributed by atoms with Crippen LogP contribution in [-0.4, -0.2) is 19.2 Å². The second kappa shape index (κ2) is 9.29. The first-order valence-electron chi connectivity index (χ1n) is 11.3. The second-order valence-electron chi connectivity index (χ2n) is 9.38. The zero-order valence-corrected chi connectivity index (χ0v) is 20.1. The summed E-state index contributed by atoms with van der Waals surface area (Å²) >= 11 is 6.43. The summed E-state index contributed by atoms with van der Waals surface area (Å²) in [5, 5.41) is 6.60. The molecule has 0 unspecified atom stereocenters. The molecule has 2 nitrogen and oxygen atoms in total. The first kappa shape index (κ1) is 22.3. The topological polar surface area (TPSA) is 32.3 Å². The van der Waals surface area contributed by atoms with E-state index < -0.39 is 8.32 Å². The van der Waals surface area contributed by atoms with Gasteiger partial charge in [-0.25, -0.2) is 0 Å². The first-order chi connectivity index (χ1) is 14.9. The molecule has 1 heterocycles. The van der Waals surface area contributed by atoms with Gasteiger partial charge in [0.15, 0.2) is 0 Å². The molecule has 0 radical (unpaired) electrons. The van der Waals surface area contributed by atoms with Crippen LogP contribution in [0.2, 0.25) is 10.1 Å². The highest BCUT2D eigenvalue weighted by molar-refractivity contribution is 6.98. The molecular weight excluding hydrogens is 418 g/mol. The highest BCUT2D eigenvalue weighted by Gasteiger charge is 2.49. The molecule has 0 bridgehead atoms. The van der Waals surface area contributed by atoms with Gasteiger partial charge in [0.05, 0.1) is 0 Å². The second-order valence-corrected chi connectivity index (χ2v) is 13.7. The van der Waals surface area contributed by atoms with Crippen molar-refractivity contribution in [3.63, 3.8) is 0 Å². The number of nitrogens with one attached hydrogen (secondary N) is 1. The molecule has 1 aliphatic rings. The zero-order chi connectivity index (χ0) is 21.9. The van der Waals surface area contributed by atoms with Crippen molar-refractivity contribution in [2.75, 3.05) is 0 Å². The zero-order valence-electron chi connectivity index (χ0n) is 18.4. The average molecular weight is 450 g/mol. The maximum atomic E-state index is 12.3. The summed E-state index contributed by atoms with van der Waals surface area (Å²) in [7, 11) is -2.94. The third kappa shape index (κ3) is 4.51. The molecule has 4 heteroatoms. The van der Waals surface area contributed by atoms with Crippen molar-refractivity contribution in [1.29, 1.82) is 0 Å². The standard InChI is InChI=1S/C27H32ClNOSi/c1-27(2,20-19-21-17-18-26(29-21)24-15-9-10-16-25(24)28)31(30,22-11-5-3-6-12-22)23-13-7-4-8-14-23/h3-16,21,26,29-30H,17-20H2,1-2H3/t21-,26-/m0/s1. The molecule has 1 fully saturated rings. The highest BCUT2D eigenvalue weighted by atomic mass is 35.5. The van der Waals surface area contributed by atoms with Gasteiger partial charge in [-0.3, -0.25) is 0 Å². The Labute approximate surface area is 192 Å². The summed E-state index contributed by atoms with van der Waals surface area (Å²) in [5.41, 5.74) is 1.20. The number of halogens is 1. The fraction of sp³-hybridized carbons (Fsp3) is 0.333. The Morgan fingerprint density at radius 1 is 0.871 bits per heavy atom. The smallest absolute Gasteiger partial charge is 0.258 e. The van der Waals surface area contributed by atoms with E-state index in [9.17, 15) is 4.80 Å². The summed E-state index contributed by atoms with van der Waals surface area (Å²) < 4.78 is 0. The first-order valence-corrected chi connectivity index (χ1v) is 13.6. The molecule has 0 spiro atoms. The van der Waals surface area contributed by atoms with Crippen LogP contribution < -0.4 is 15.7 Å². The van der Waals surface area contributed by atoms with Gasteiger partial charge in [-0.15, -0.1) is 0 Å². The molecule has 162 valence electrons. The molecule has 1 saturated heterocycles. The molecule has 1 aliphatic heterocycles. The Hall–Kier alpha value is -1.91. The lowest BCUT2D eigenvalue weighted by atomic mass is 10.0. The third-order valence-corrected chi connectivity index (χ3v) is 11.9. The van der Waals surface area contributed by atoms with E-state index in [0.717, 1.165) is 41.1 Å². The number of rotatable bonds is 7. The fourth-order valence-electron chi connectivity index (χ4n) is 5.07. The Morgan fingerprint density at radius 3 is 2.00 bits per heavy atom. The van der Waals surface area contributed by atoms with Crippen molar-refractivity contribution < 1.29 is 4.80 Å². The summed E-state index contributed by atoms with van der Waals surface area (Å²) in [6, 6.07) is 29.5. The Morgan fingerprint density at radius 2 is 1.42 bits per heavy atom. The van der Waals surface area contributed by atoms with Crippen LogP contribution in [0.1, 0.15) is 51.1 Å². The van der Waals surface area contributed by atoms with Gasteiger partial charge in [-0.1, -0.05) is 104 Å². The van der Waals surface area contributed by atoms with Gasteiger partial charge in [0.1, 0.15) is 0 Å². The van der Waals surface area contributed by atoms with Crippen molar-refractivity contribution >= 4 is 30.3 Å². The van der Waals surface area contributed by atoms with E-state index in [0.29, 0.717) is 12.1 Å². The van der Waals surface area contributed by atoms with Crippen molar-refractivity contribution in [2.45, 2.75) is 56.7 Å². The van der Waals surface area contributed by atoms with Gasteiger partial charge >= 0.3 is 0 Å². The summed E-state index contributed by atoms with van der Waals surface area (Å²) in [4.78, 5) is 12.3. The molecular formula is C27H32ClNOSi. The molecule has 3 aromatic carbocycles. The van der Waals surface area contributed by atoms with Crippen LogP contribution in [0.5, 0.6) is 0 Å². The largest absolute Gasteiger partial charge is 0.424 e. The normalized spacial score (nSPS) is 19.5. The van der Waals surface area contributed by atoms with Crippen LogP contribution in [0, 0.1) is 0 Å². The van der Waals surface area contributed by atoms with E-state index in [4.69, 9.17) is 11.6 Å². The molecule has 0 aromatic heterocycles. The maximum absolute atomic E-state index is 12.3.